The fourth-order valence-electron chi connectivity index (χ4n) is 1.80. The lowest BCUT2D eigenvalue weighted by atomic mass is 9.93. The van der Waals surface area contributed by atoms with Gasteiger partial charge >= 0.3 is 5.97 Å². The molecular weight excluding hydrogens is 194 g/mol. The molecule has 0 amide bonds. The Morgan fingerprint density at radius 2 is 2.27 bits per heavy atom. The van der Waals surface area contributed by atoms with Gasteiger partial charge in [0.2, 0.25) is 0 Å². The topological polar surface area (TPSA) is 47.6 Å². The van der Waals surface area contributed by atoms with Gasteiger partial charge in [0.1, 0.15) is 12.6 Å². The van der Waals surface area contributed by atoms with E-state index in [0.717, 1.165) is 19.4 Å². The van der Waals surface area contributed by atoms with Crippen LogP contribution in [0.1, 0.15) is 26.7 Å². The van der Waals surface area contributed by atoms with Crippen molar-refractivity contribution in [3.63, 3.8) is 0 Å². The summed E-state index contributed by atoms with van der Waals surface area (Å²) in [7, 11) is 0. The highest BCUT2D eigenvalue weighted by Gasteiger charge is 2.28. The van der Waals surface area contributed by atoms with Gasteiger partial charge in [-0.3, -0.25) is 4.79 Å². The van der Waals surface area contributed by atoms with E-state index in [1.807, 2.05) is 6.92 Å². The van der Waals surface area contributed by atoms with Gasteiger partial charge in [-0.15, -0.1) is 0 Å². The molecule has 0 aromatic carbocycles. The summed E-state index contributed by atoms with van der Waals surface area (Å²) in [6, 6.07) is -0.125. The molecule has 1 rings (SSSR count). The Balaban J connectivity index is 2.20. The summed E-state index contributed by atoms with van der Waals surface area (Å²) in [4.78, 5) is 11.6. The molecule has 15 heavy (non-hydrogen) atoms. The lowest BCUT2D eigenvalue weighted by molar-refractivity contribution is -0.149. The van der Waals surface area contributed by atoms with Crippen LogP contribution >= 0.6 is 0 Å². The minimum atomic E-state index is -0.137. The largest absolute Gasteiger partial charge is 0.462 e. The summed E-state index contributed by atoms with van der Waals surface area (Å²) in [6.45, 7) is 6.43. The van der Waals surface area contributed by atoms with Crippen LogP contribution in [0, 0.1) is 5.92 Å². The van der Waals surface area contributed by atoms with Crippen molar-refractivity contribution in [1.29, 1.82) is 0 Å². The molecule has 1 aliphatic rings. The van der Waals surface area contributed by atoms with Crippen LogP contribution in [-0.4, -0.2) is 38.4 Å². The van der Waals surface area contributed by atoms with Crippen molar-refractivity contribution in [2.45, 2.75) is 32.7 Å². The third-order valence-corrected chi connectivity index (χ3v) is 2.70. The molecule has 0 saturated carbocycles. The number of ether oxygens (including phenoxy) is 2. The van der Waals surface area contributed by atoms with Gasteiger partial charge in [-0.2, -0.15) is 0 Å². The summed E-state index contributed by atoms with van der Waals surface area (Å²) < 4.78 is 10.2. The third kappa shape index (κ3) is 4.18. The summed E-state index contributed by atoms with van der Waals surface area (Å²) in [5, 5.41) is 3.19. The number of nitrogens with one attached hydrogen (secondary N) is 1. The third-order valence-electron chi connectivity index (χ3n) is 2.70. The normalized spacial score (nSPS) is 26.3. The van der Waals surface area contributed by atoms with Crippen LogP contribution in [0.3, 0.4) is 0 Å². The summed E-state index contributed by atoms with van der Waals surface area (Å²) >= 11 is 0. The smallest absolute Gasteiger partial charge is 0.323 e. The zero-order valence-electron chi connectivity index (χ0n) is 9.62. The average Bonchev–Trinajstić information content (AvgIpc) is 2.25. The van der Waals surface area contributed by atoms with Crippen LogP contribution in [-0.2, 0) is 14.3 Å². The van der Waals surface area contributed by atoms with Crippen molar-refractivity contribution in [2.75, 3.05) is 26.4 Å². The lowest BCUT2D eigenvalue weighted by Crippen LogP contribution is -2.46. The Labute approximate surface area is 91.3 Å². The van der Waals surface area contributed by atoms with Crippen LogP contribution in [0.15, 0.2) is 0 Å². The molecule has 0 bridgehead atoms. The predicted molar refractivity (Wildman–Crippen MR) is 57.6 cm³/mol. The second kappa shape index (κ2) is 6.80. The highest BCUT2D eigenvalue weighted by atomic mass is 16.6. The molecule has 0 radical (unpaired) electrons. The highest BCUT2D eigenvalue weighted by molar-refractivity contribution is 5.76. The first kappa shape index (κ1) is 12.5. The monoisotopic (exact) mass is 215 g/mol. The van der Waals surface area contributed by atoms with Crippen molar-refractivity contribution < 1.29 is 14.3 Å². The minimum Gasteiger partial charge on any atom is -0.462 e. The van der Waals surface area contributed by atoms with Gasteiger partial charge < -0.3 is 14.8 Å². The van der Waals surface area contributed by atoms with Gasteiger partial charge in [0.25, 0.3) is 0 Å². The number of hydrogen-bond donors (Lipinski definition) is 1. The van der Waals surface area contributed by atoms with Crippen LogP contribution in [0.2, 0.25) is 0 Å². The van der Waals surface area contributed by atoms with Crippen LogP contribution in [0.5, 0.6) is 0 Å². The minimum absolute atomic E-state index is 0.125. The number of hydrogen-bond acceptors (Lipinski definition) is 4. The fraction of sp³-hybridized carbons (Fsp3) is 0.909. The van der Waals surface area contributed by atoms with Crippen LogP contribution in [0.25, 0.3) is 0 Å². The van der Waals surface area contributed by atoms with E-state index in [4.69, 9.17) is 9.47 Å². The highest BCUT2D eigenvalue weighted by Crippen LogP contribution is 2.16. The predicted octanol–water partition coefficient (Wildman–Crippen LogP) is 0.954. The van der Waals surface area contributed by atoms with E-state index in [0.29, 0.717) is 25.7 Å². The van der Waals surface area contributed by atoms with E-state index in [1.165, 1.54) is 0 Å². The Morgan fingerprint density at radius 3 is 2.93 bits per heavy atom. The Bertz CT molecular complexity index is 196. The van der Waals surface area contributed by atoms with E-state index in [9.17, 15) is 4.79 Å². The average molecular weight is 215 g/mol. The lowest BCUT2D eigenvalue weighted by Gasteiger charge is -2.28. The summed E-state index contributed by atoms with van der Waals surface area (Å²) in [5.74, 6) is 0.236. The van der Waals surface area contributed by atoms with E-state index in [2.05, 4.69) is 12.2 Å². The maximum atomic E-state index is 11.6. The number of piperidine rings is 1. The molecule has 88 valence electrons. The molecule has 1 N–H and O–H groups in total. The van der Waals surface area contributed by atoms with E-state index >= 15 is 0 Å². The second-order valence-electron chi connectivity index (χ2n) is 3.92. The van der Waals surface area contributed by atoms with Crippen molar-refractivity contribution in [1.82, 2.24) is 5.32 Å². The summed E-state index contributed by atoms with van der Waals surface area (Å²) in [5.41, 5.74) is 0. The second-order valence-corrected chi connectivity index (χ2v) is 3.92. The molecular formula is C11H21NO3. The first-order valence-electron chi connectivity index (χ1n) is 5.73. The molecule has 1 aliphatic heterocycles. The molecule has 0 aromatic rings. The molecule has 4 heteroatoms. The van der Waals surface area contributed by atoms with Gasteiger partial charge in [-0.1, -0.05) is 6.92 Å². The first-order valence-corrected chi connectivity index (χ1v) is 5.73. The number of esters is 1. The molecule has 1 heterocycles. The van der Waals surface area contributed by atoms with Crippen molar-refractivity contribution >= 4 is 5.97 Å². The summed E-state index contributed by atoms with van der Waals surface area (Å²) in [6.07, 6.45) is 2.24. The Morgan fingerprint density at radius 1 is 1.47 bits per heavy atom. The van der Waals surface area contributed by atoms with Crippen LogP contribution < -0.4 is 5.32 Å². The van der Waals surface area contributed by atoms with Crippen molar-refractivity contribution in [2.24, 2.45) is 5.92 Å². The van der Waals surface area contributed by atoms with Crippen molar-refractivity contribution in [3.05, 3.63) is 0 Å². The molecule has 0 spiro atoms. The zero-order valence-corrected chi connectivity index (χ0v) is 9.62. The van der Waals surface area contributed by atoms with E-state index in [-0.39, 0.29) is 12.0 Å². The van der Waals surface area contributed by atoms with Crippen LogP contribution in [0.4, 0.5) is 0 Å². The SMILES string of the molecule is CCOCCOC(=O)C1NCCCC1C. The zero-order chi connectivity index (χ0) is 11.1. The first-order chi connectivity index (χ1) is 7.25. The standard InChI is InChI=1S/C11H21NO3/c1-3-14-7-8-15-11(13)10-9(2)5-4-6-12-10/h9-10,12H,3-8H2,1-2H3. The fourth-order valence-corrected chi connectivity index (χ4v) is 1.80. The molecule has 4 nitrogen and oxygen atoms in total. The maximum absolute atomic E-state index is 11.6. The van der Waals surface area contributed by atoms with Gasteiger partial charge in [-0.25, -0.2) is 0 Å². The number of carbonyl (C=O) groups is 1. The van der Waals surface area contributed by atoms with E-state index in [1.54, 1.807) is 0 Å². The number of carbonyl (C=O) groups excluding carboxylic acids is 1. The molecule has 1 fully saturated rings. The molecule has 0 aromatic heterocycles. The van der Waals surface area contributed by atoms with Gasteiger partial charge in [-0.05, 0) is 32.2 Å². The Kier molecular flexibility index (Phi) is 5.65. The molecule has 2 unspecified atom stereocenters. The van der Waals surface area contributed by atoms with Gasteiger partial charge in [0.15, 0.2) is 0 Å². The van der Waals surface area contributed by atoms with Gasteiger partial charge in [0.05, 0.1) is 6.61 Å². The van der Waals surface area contributed by atoms with E-state index < -0.39 is 0 Å². The van der Waals surface area contributed by atoms with Crippen molar-refractivity contribution in [3.8, 4) is 0 Å². The maximum Gasteiger partial charge on any atom is 0.323 e. The Hall–Kier alpha value is -0.610. The number of rotatable bonds is 5. The quantitative estimate of drug-likeness (QED) is 0.548. The molecule has 1 saturated heterocycles. The molecule has 2 atom stereocenters. The molecule has 0 aliphatic carbocycles. The van der Waals surface area contributed by atoms with Gasteiger partial charge in [0, 0.05) is 6.61 Å².